The highest BCUT2D eigenvalue weighted by Crippen LogP contribution is 2.17. The van der Waals surface area contributed by atoms with E-state index >= 15 is 0 Å². The topological polar surface area (TPSA) is 63.6 Å². The molecule has 0 saturated carbocycles. The smallest absolute Gasteiger partial charge is 0.338 e. The van der Waals surface area contributed by atoms with Gasteiger partial charge in [0.2, 0.25) is 0 Å². The number of aryl methyl sites for hydroxylation is 1. The number of rotatable bonds is 3. The number of carboxylic acid groups (broad SMARTS) is 1. The molecule has 4 heteroatoms. The van der Waals surface area contributed by atoms with Crippen molar-refractivity contribution in [2.75, 3.05) is 0 Å². The van der Waals surface area contributed by atoms with Gasteiger partial charge in [-0.3, -0.25) is 0 Å². The van der Waals surface area contributed by atoms with Crippen LogP contribution >= 0.6 is 0 Å². The predicted molar refractivity (Wildman–Crippen MR) is 58.6 cm³/mol. The third-order valence-corrected chi connectivity index (χ3v) is 1.86. The number of hydrogen-bond donors (Lipinski definition) is 1. The van der Waals surface area contributed by atoms with E-state index in [1.807, 2.05) is 0 Å². The Hall–Kier alpha value is -2.10. The van der Waals surface area contributed by atoms with Crippen molar-refractivity contribution in [1.29, 1.82) is 0 Å². The van der Waals surface area contributed by atoms with Crippen molar-refractivity contribution < 1.29 is 19.4 Å². The minimum atomic E-state index is -1.06. The van der Waals surface area contributed by atoms with Gasteiger partial charge in [-0.05, 0) is 37.6 Å². The van der Waals surface area contributed by atoms with E-state index in [9.17, 15) is 9.59 Å². The Morgan fingerprint density at radius 1 is 1.31 bits per heavy atom. The van der Waals surface area contributed by atoms with E-state index in [1.54, 1.807) is 13.0 Å². The van der Waals surface area contributed by atoms with Crippen LogP contribution in [0.4, 0.5) is 0 Å². The largest absolute Gasteiger partial charge is 0.478 e. The van der Waals surface area contributed by atoms with E-state index in [4.69, 9.17) is 9.84 Å². The number of carbonyl (C=O) groups is 2. The maximum Gasteiger partial charge on any atom is 0.338 e. The van der Waals surface area contributed by atoms with E-state index < -0.39 is 11.9 Å². The Morgan fingerprint density at radius 2 is 1.94 bits per heavy atom. The van der Waals surface area contributed by atoms with Gasteiger partial charge in [-0.1, -0.05) is 6.58 Å². The van der Waals surface area contributed by atoms with E-state index in [2.05, 4.69) is 6.58 Å². The number of esters is 1. The Labute approximate surface area is 93.2 Å². The summed E-state index contributed by atoms with van der Waals surface area (Å²) in [6.07, 6.45) is 0. The Morgan fingerprint density at radius 3 is 2.44 bits per heavy atom. The average molecular weight is 220 g/mol. The van der Waals surface area contributed by atoms with Crippen LogP contribution in [0.1, 0.15) is 22.8 Å². The predicted octanol–water partition coefficient (Wildman–Crippen LogP) is 2.17. The van der Waals surface area contributed by atoms with Gasteiger partial charge in [0.25, 0.3) is 0 Å². The number of carbonyl (C=O) groups excluding carboxylic acids is 1. The van der Waals surface area contributed by atoms with Crippen LogP contribution in [-0.2, 0) is 4.79 Å². The monoisotopic (exact) mass is 220 g/mol. The van der Waals surface area contributed by atoms with Crippen molar-refractivity contribution in [1.82, 2.24) is 0 Å². The summed E-state index contributed by atoms with van der Waals surface area (Å²) in [4.78, 5) is 22.0. The minimum absolute atomic E-state index is 0.0875. The third-order valence-electron chi connectivity index (χ3n) is 1.86. The fourth-order valence-corrected chi connectivity index (χ4v) is 1.12. The molecule has 1 aromatic rings. The molecule has 0 fully saturated rings. The number of benzene rings is 1. The van der Waals surface area contributed by atoms with Gasteiger partial charge in [0.1, 0.15) is 5.75 Å². The van der Waals surface area contributed by atoms with Gasteiger partial charge in [-0.25, -0.2) is 9.59 Å². The summed E-state index contributed by atoms with van der Waals surface area (Å²) >= 11 is 0. The van der Waals surface area contributed by atoms with Gasteiger partial charge in [-0.15, -0.1) is 0 Å². The second kappa shape index (κ2) is 4.61. The molecule has 0 spiro atoms. The third kappa shape index (κ3) is 2.95. The Kier molecular flexibility index (Phi) is 3.45. The van der Waals surface area contributed by atoms with Crippen LogP contribution in [0.3, 0.4) is 0 Å². The molecule has 84 valence electrons. The van der Waals surface area contributed by atoms with Crippen LogP contribution in [0.5, 0.6) is 5.75 Å². The summed E-state index contributed by atoms with van der Waals surface area (Å²) < 4.78 is 4.95. The fourth-order valence-electron chi connectivity index (χ4n) is 1.12. The molecule has 16 heavy (non-hydrogen) atoms. The van der Waals surface area contributed by atoms with Crippen molar-refractivity contribution in [2.45, 2.75) is 13.8 Å². The molecule has 0 aliphatic carbocycles. The highest BCUT2D eigenvalue weighted by Gasteiger charge is 2.09. The van der Waals surface area contributed by atoms with Crippen molar-refractivity contribution >= 4 is 11.9 Å². The average Bonchev–Trinajstić information content (AvgIpc) is 2.16. The maximum absolute atomic E-state index is 11.2. The molecule has 0 bridgehead atoms. The lowest BCUT2D eigenvalue weighted by Gasteiger charge is -2.06. The fraction of sp³-hybridized carbons (Fsp3) is 0.167. The number of aromatic carboxylic acids is 1. The zero-order valence-corrected chi connectivity index (χ0v) is 9.11. The molecule has 0 amide bonds. The molecule has 4 nitrogen and oxygen atoms in total. The quantitative estimate of drug-likeness (QED) is 0.481. The lowest BCUT2D eigenvalue weighted by Crippen LogP contribution is -2.09. The summed E-state index contributed by atoms with van der Waals surface area (Å²) in [5, 5.41) is 8.82. The molecule has 0 heterocycles. The van der Waals surface area contributed by atoms with Crippen LogP contribution in [0, 0.1) is 6.92 Å². The molecular formula is C12H12O4. The van der Waals surface area contributed by atoms with Crippen molar-refractivity contribution in [3.8, 4) is 5.75 Å². The molecule has 0 aromatic heterocycles. The number of carboxylic acids is 1. The second-order valence-electron chi connectivity index (χ2n) is 3.51. The first-order chi connectivity index (χ1) is 7.40. The highest BCUT2D eigenvalue weighted by molar-refractivity contribution is 5.90. The lowest BCUT2D eigenvalue weighted by molar-refractivity contribution is -0.130. The van der Waals surface area contributed by atoms with E-state index in [1.165, 1.54) is 19.1 Å². The van der Waals surface area contributed by atoms with Gasteiger partial charge >= 0.3 is 11.9 Å². The highest BCUT2D eigenvalue weighted by atomic mass is 16.5. The van der Waals surface area contributed by atoms with E-state index in [-0.39, 0.29) is 16.9 Å². The molecule has 0 atom stereocenters. The Balaban J connectivity index is 3.01. The molecule has 0 saturated heterocycles. The SMILES string of the molecule is C=C(C)C(=O)Oc1cc(C)cc(C(=O)O)c1. The molecule has 1 aromatic carbocycles. The molecule has 0 radical (unpaired) electrons. The van der Waals surface area contributed by atoms with Crippen LogP contribution in [0.25, 0.3) is 0 Å². The zero-order chi connectivity index (χ0) is 12.3. The van der Waals surface area contributed by atoms with Gasteiger partial charge in [0.05, 0.1) is 5.56 Å². The summed E-state index contributed by atoms with van der Waals surface area (Å²) in [5.41, 5.74) is 1.06. The summed E-state index contributed by atoms with van der Waals surface area (Å²) in [6, 6.07) is 4.39. The molecule has 0 aliphatic rings. The maximum atomic E-state index is 11.2. The summed E-state index contributed by atoms with van der Waals surface area (Å²) in [6.45, 7) is 6.69. The van der Waals surface area contributed by atoms with Crippen molar-refractivity contribution in [3.63, 3.8) is 0 Å². The Bertz CT molecular complexity index is 460. The van der Waals surface area contributed by atoms with E-state index in [0.717, 1.165) is 0 Å². The van der Waals surface area contributed by atoms with Gasteiger partial charge in [0, 0.05) is 5.57 Å². The molecule has 0 aliphatic heterocycles. The van der Waals surface area contributed by atoms with Crippen LogP contribution < -0.4 is 4.74 Å². The molecule has 0 unspecified atom stereocenters. The van der Waals surface area contributed by atoms with Crippen LogP contribution in [0.2, 0.25) is 0 Å². The number of hydrogen-bond acceptors (Lipinski definition) is 3. The normalized spacial score (nSPS) is 9.62. The van der Waals surface area contributed by atoms with Crippen molar-refractivity contribution in [2.24, 2.45) is 0 Å². The standard InChI is InChI=1S/C12H12O4/c1-7(2)12(15)16-10-5-8(3)4-9(6-10)11(13)14/h4-6H,1H2,2-3H3,(H,13,14). The number of ether oxygens (including phenoxy) is 1. The summed E-state index contributed by atoms with van der Waals surface area (Å²) in [7, 11) is 0. The zero-order valence-electron chi connectivity index (χ0n) is 9.11. The van der Waals surface area contributed by atoms with Gasteiger partial charge in [0.15, 0.2) is 0 Å². The first kappa shape index (κ1) is 12.0. The molecule has 1 N–H and O–H groups in total. The molecule has 1 rings (SSSR count). The minimum Gasteiger partial charge on any atom is -0.478 e. The van der Waals surface area contributed by atoms with Gasteiger partial charge in [-0.2, -0.15) is 0 Å². The van der Waals surface area contributed by atoms with Crippen LogP contribution in [-0.4, -0.2) is 17.0 Å². The first-order valence-electron chi connectivity index (χ1n) is 4.63. The summed E-state index contributed by atoms with van der Waals surface area (Å²) in [5.74, 6) is -1.41. The molecular weight excluding hydrogens is 208 g/mol. The second-order valence-corrected chi connectivity index (χ2v) is 3.51. The van der Waals surface area contributed by atoms with Crippen molar-refractivity contribution in [3.05, 3.63) is 41.5 Å². The first-order valence-corrected chi connectivity index (χ1v) is 4.63. The van der Waals surface area contributed by atoms with E-state index in [0.29, 0.717) is 5.56 Å². The van der Waals surface area contributed by atoms with Crippen LogP contribution in [0.15, 0.2) is 30.4 Å². The lowest BCUT2D eigenvalue weighted by atomic mass is 10.1. The van der Waals surface area contributed by atoms with Gasteiger partial charge < -0.3 is 9.84 Å².